The Labute approximate surface area is 209 Å². The SMILES string of the molecule is FC(F)(F)Oc1ccc(-n2cnc(-c3ccc(NC(=S)Nc4ccc5ccccc5c4)cc3)n2)cc1. The number of rotatable bonds is 5. The summed E-state index contributed by atoms with van der Waals surface area (Å²) in [5.41, 5.74) is 2.99. The van der Waals surface area contributed by atoms with Crippen LogP contribution in [0.2, 0.25) is 0 Å². The van der Waals surface area contributed by atoms with Crippen molar-refractivity contribution in [2.24, 2.45) is 0 Å². The molecule has 0 unspecified atom stereocenters. The molecule has 0 radical (unpaired) electrons. The zero-order valence-electron chi connectivity index (χ0n) is 18.5. The Hall–Kier alpha value is -4.44. The van der Waals surface area contributed by atoms with Gasteiger partial charge in [-0.1, -0.05) is 30.3 Å². The van der Waals surface area contributed by atoms with Crippen molar-refractivity contribution in [1.29, 1.82) is 0 Å². The lowest BCUT2D eigenvalue weighted by atomic mass is 10.1. The van der Waals surface area contributed by atoms with Gasteiger partial charge in [-0.05, 0) is 83.7 Å². The van der Waals surface area contributed by atoms with E-state index in [1.165, 1.54) is 35.3 Å². The van der Waals surface area contributed by atoms with Crippen molar-refractivity contribution in [1.82, 2.24) is 14.8 Å². The predicted molar refractivity (Wildman–Crippen MR) is 137 cm³/mol. The molecule has 0 saturated heterocycles. The lowest BCUT2D eigenvalue weighted by molar-refractivity contribution is -0.274. The van der Waals surface area contributed by atoms with Gasteiger partial charge in [0.05, 0.1) is 5.69 Å². The van der Waals surface area contributed by atoms with Gasteiger partial charge in [-0.25, -0.2) is 9.67 Å². The maximum Gasteiger partial charge on any atom is 0.573 e. The highest BCUT2D eigenvalue weighted by atomic mass is 32.1. The van der Waals surface area contributed by atoms with Crippen molar-refractivity contribution >= 4 is 39.5 Å². The van der Waals surface area contributed by atoms with Gasteiger partial charge in [0, 0.05) is 16.9 Å². The van der Waals surface area contributed by atoms with Gasteiger partial charge in [-0.2, -0.15) is 0 Å². The van der Waals surface area contributed by atoms with Crippen LogP contribution in [0, 0.1) is 0 Å². The Bertz CT molecular complexity index is 1520. The molecule has 2 N–H and O–H groups in total. The van der Waals surface area contributed by atoms with Crippen molar-refractivity contribution in [2.45, 2.75) is 6.36 Å². The Morgan fingerprint density at radius 1 is 0.806 bits per heavy atom. The van der Waals surface area contributed by atoms with Crippen molar-refractivity contribution in [3.63, 3.8) is 0 Å². The molecule has 0 fully saturated rings. The number of benzene rings is 4. The first-order valence-corrected chi connectivity index (χ1v) is 11.2. The summed E-state index contributed by atoms with van der Waals surface area (Å²) in [5.74, 6) is 0.164. The van der Waals surface area contributed by atoms with Gasteiger partial charge < -0.3 is 15.4 Å². The van der Waals surface area contributed by atoms with Gasteiger partial charge in [0.15, 0.2) is 10.9 Å². The highest BCUT2D eigenvalue weighted by Gasteiger charge is 2.31. The number of nitrogens with zero attached hydrogens (tertiary/aromatic N) is 3. The van der Waals surface area contributed by atoms with E-state index in [1.807, 2.05) is 60.7 Å². The summed E-state index contributed by atoms with van der Waals surface area (Å²) in [6.07, 6.45) is -3.25. The van der Waals surface area contributed by atoms with Crippen LogP contribution >= 0.6 is 12.2 Å². The van der Waals surface area contributed by atoms with E-state index < -0.39 is 6.36 Å². The van der Waals surface area contributed by atoms with Crippen molar-refractivity contribution in [2.75, 3.05) is 10.6 Å². The van der Waals surface area contributed by atoms with E-state index in [9.17, 15) is 13.2 Å². The molecule has 0 amide bonds. The van der Waals surface area contributed by atoms with Crippen LogP contribution in [0.1, 0.15) is 0 Å². The number of ether oxygens (including phenoxy) is 1. The van der Waals surface area contributed by atoms with E-state index in [1.54, 1.807) is 0 Å². The normalized spacial score (nSPS) is 11.3. The van der Waals surface area contributed by atoms with E-state index in [2.05, 4.69) is 31.5 Å². The minimum atomic E-state index is -4.74. The predicted octanol–water partition coefficient (Wildman–Crippen LogP) is 6.80. The quantitative estimate of drug-likeness (QED) is 0.256. The second-order valence-electron chi connectivity index (χ2n) is 7.77. The number of aromatic nitrogens is 3. The van der Waals surface area contributed by atoms with Gasteiger partial charge in [0.2, 0.25) is 0 Å². The summed E-state index contributed by atoms with van der Waals surface area (Å²) in [7, 11) is 0. The van der Waals surface area contributed by atoms with Gasteiger partial charge in [-0.3, -0.25) is 0 Å². The van der Waals surface area contributed by atoms with Crippen LogP contribution in [-0.2, 0) is 0 Å². The molecule has 5 rings (SSSR count). The second-order valence-corrected chi connectivity index (χ2v) is 8.18. The fraction of sp³-hybridized carbons (Fsp3) is 0.0385. The molecule has 0 aliphatic rings. The minimum Gasteiger partial charge on any atom is -0.406 e. The van der Waals surface area contributed by atoms with E-state index in [-0.39, 0.29) is 5.75 Å². The molecular weight excluding hydrogens is 487 g/mol. The molecule has 180 valence electrons. The summed E-state index contributed by atoms with van der Waals surface area (Å²) < 4.78 is 42.4. The second kappa shape index (κ2) is 9.67. The number of thiocarbonyl (C=S) groups is 1. The molecule has 0 bridgehead atoms. The molecule has 36 heavy (non-hydrogen) atoms. The lowest BCUT2D eigenvalue weighted by Gasteiger charge is -2.11. The van der Waals surface area contributed by atoms with Crippen LogP contribution in [-0.4, -0.2) is 26.2 Å². The lowest BCUT2D eigenvalue weighted by Crippen LogP contribution is -2.18. The summed E-state index contributed by atoms with van der Waals surface area (Å²) in [6.45, 7) is 0. The maximum absolute atomic E-state index is 12.3. The molecule has 6 nitrogen and oxygen atoms in total. The third-order valence-corrected chi connectivity index (χ3v) is 5.44. The van der Waals surface area contributed by atoms with Crippen molar-refractivity contribution in [3.8, 4) is 22.8 Å². The van der Waals surface area contributed by atoms with E-state index in [0.717, 1.165) is 27.7 Å². The van der Waals surface area contributed by atoms with Crippen molar-refractivity contribution in [3.05, 3.63) is 97.3 Å². The summed E-state index contributed by atoms with van der Waals surface area (Å²) in [5, 5.41) is 13.5. The average Bonchev–Trinajstić information content (AvgIpc) is 3.34. The topological polar surface area (TPSA) is 64.0 Å². The molecule has 5 aromatic rings. The van der Waals surface area contributed by atoms with Crippen molar-refractivity contribution < 1.29 is 17.9 Å². The number of nitrogens with one attached hydrogen (secondary N) is 2. The first-order chi connectivity index (χ1) is 17.3. The molecule has 4 aromatic carbocycles. The maximum atomic E-state index is 12.3. The van der Waals surface area contributed by atoms with Crippen LogP contribution in [0.25, 0.3) is 27.8 Å². The monoisotopic (exact) mass is 505 g/mol. The van der Waals surface area contributed by atoms with Gasteiger partial charge in [0.1, 0.15) is 12.1 Å². The third-order valence-electron chi connectivity index (χ3n) is 5.23. The van der Waals surface area contributed by atoms with Crippen LogP contribution in [0.5, 0.6) is 5.75 Å². The number of hydrogen-bond donors (Lipinski definition) is 2. The molecular formula is C26H18F3N5OS. The molecule has 10 heteroatoms. The standard InChI is InChI=1S/C26H18F3N5OS/c27-26(28,29)35-23-13-11-22(12-14-23)34-16-30-24(33-34)18-6-8-20(9-7-18)31-25(36)32-21-10-5-17-3-1-2-4-19(17)15-21/h1-16H,(H2,31,32,36). The average molecular weight is 506 g/mol. The Morgan fingerprint density at radius 3 is 2.19 bits per heavy atom. The van der Waals surface area contributed by atoms with Crippen LogP contribution in [0.15, 0.2) is 97.3 Å². The molecule has 0 saturated carbocycles. The molecule has 1 aromatic heterocycles. The zero-order chi connectivity index (χ0) is 25.1. The number of halogens is 3. The van der Waals surface area contributed by atoms with Gasteiger partial charge in [-0.15, -0.1) is 18.3 Å². The molecule has 0 aliphatic heterocycles. The minimum absolute atomic E-state index is 0.303. The summed E-state index contributed by atoms with van der Waals surface area (Å²) in [4.78, 5) is 4.30. The number of fused-ring (bicyclic) bond motifs is 1. The van der Waals surface area contributed by atoms with E-state index in [0.29, 0.717) is 16.6 Å². The number of hydrogen-bond acceptors (Lipinski definition) is 4. The Kier molecular flexibility index (Phi) is 6.26. The smallest absolute Gasteiger partial charge is 0.406 e. The third kappa shape index (κ3) is 5.61. The fourth-order valence-electron chi connectivity index (χ4n) is 3.58. The van der Waals surface area contributed by atoms with Crippen LogP contribution < -0.4 is 15.4 Å². The largest absolute Gasteiger partial charge is 0.573 e. The summed E-state index contributed by atoms with van der Waals surface area (Å²) >= 11 is 5.44. The molecule has 1 heterocycles. The number of anilines is 2. The van der Waals surface area contributed by atoms with E-state index >= 15 is 0 Å². The Morgan fingerprint density at radius 2 is 1.47 bits per heavy atom. The summed E-state index contributed by atoms with van der Waals surface area (Å²) in [6, 6.07) is 26.9. The van der Waals surface area contributed by atoms with E-state index in [4.69, 9.17) is 12.2 Å². The zero-order valence-corrected chi connectivity index (χ0v) is 19.3. The van der Waals surface area contributed by atoms with Crippen LogP contribution in [0.3, 0.4) is 0 Å². The molecule has 0 spiro atoms. The first-order valence-electron chi connectivity index (χ1n) is 10.8. The number of alkyl halides is 3. The fourth-order valence-corrected chi connectivity index (χ4v) is 3.82. The van der Waals surface area contributed by atoms with Gasteiger partial charge >= 0.3 is 6.36 Å². The van der Waals surface area contributed by atoms with Crippen LogP contribution in [0.4, 0.5) is 24.5 Å². The van der Waals surface area contributed by atoms with Gasteiger partial charge in [0.25, 0.3) is 0 Å². The first kappa shape index (κ1) is 23.3. The highest BCUT2D eigenvalue weighted by Crippen LogP contribution is 2.24. The molecule has 0 aliphatic carbocycles. The molecule has 0 atom stereocenters. The Balaban J connectivity index is 1.22. The highest BCUT2D eigenvalue weighted by molar-refractivity contribution is 7.80.